The molecule has 1 aromatic heterocycles. The SMILES string of the molecule is Cn1ncc2c1CC(C(=O)Nc1cccc(OCCN3CCCC3)c1)CC2. The molecule has 1 saturated heterocycles. The van der Waals surface area contributed by atoms with Crippen molar-refractivity contribution in [1.29, 1.82) is 0 Å². The molecule has 1 aromatic carbocycles. The first kappa shape index (κ1) is 18.0. The van der Waals surface area contributed by atoms with Crippen LogP contribution in [0.3, 0.4) is 0 Å². The van der Waals surface area contributed by atoms with Crippen molar-refractivity contribution in [3.05, 3.63) is 41.7 Å². The Kier molecular flexibility index (Phi) is 5.43. The first-order chi connectivity index (χ1) is 13.2. The molecule has 0 saturated carbocycles. The Bertz CT molecular complexity index is 795. The predicted octanol–water partition coefficient (Wildman–Crippen LogP) is 2.64. The highest BCUT2D eigenvalue weighted by molar-refractivity contribution is 5.93. The van der Waals surface area contributed by atoms with E-state index in [1.807, 2.05) is 42.2 Å². The summed E-state index contributed by atoms with van der Waals surface area (Å²) >= 11 is 0. The molecule has 1 aliphatic heterocycles. The molecule has 1 N–H and O–H groups in total. The second-order valence-electron chi connectivity index (χ2n) is 7.59. The van der Waals surface area contributed by atoms with E-state index in [0.29, 0.717) is 6.61 Å². The molecule has 6 heteroatoms. The zero-order valence-corrected chi connectivity index (χ0v) is 16.0. The van der Waals surface area contributed by atoms with Crippen molar-refractivity contribution in [1.82, 2.24) is 14.7 Å². The molecular formula is C21H28N4O2. The number of amides is 1. The van der Waals surface area contributed by atoms with Crippen molar-refractivity contribution in [2.75, 3.05) is 31.6 Å². The van der Waals surface area contributed by atoms with Gasteiger partial charge >= 0.3 is 0 Å². The first-order valence-electron chi connectivity index (χ1n) is 9.95. The third-order valence-corrected chi connectivity index (χ3v) is 5.70. The number of aromatic nitrogens is 2. The zero-order valence-electron chi connectivity index (χ0n) is 16.0. The van der Waals surface area contributed by atoms with E-state index < -0.39 is 0 Å². The van der Waals surface area contributed by atoms with Gasteiger partial charge in [0.25, 0.3) is 0 Å². The van der Waals surface area contributed by atoms with Crippen LogP contribution in [0.1, 0.15) is 30.5 Å². The van der Waals surface area contributed by atoms with E-state index >= 15 is 0 Å². The van der Waals surface area contributed by atoms with Gasteiger partial charge in [0.2, 0.25) is 5.91 Å². The number of likely N-dealkylation sites (tertiary alicyclic amines) is 1. The Morgan fingerprint density at radius 2 is 2.19 bits per heavy atom. The van der Waals surface area contributed by atoms with Gasteiger partial charge in [-0.1, -0.05) is 6.07 Å². The maximum atomic E-state index is 12.7. The molecule has 2 aromatic rings. The second-order valence-corrected chi connectivity index (χ2v) is 7.59. The fourth-order valence-corrected chi connectivity index (χ4v) is 4.08. The predicted molar refractivity (Wildman–Crippen MR) is 105 cm³/mol. The van der Waals surface area contributed by atoms with Gasteiger partial charge in [0.1, 0.15) is 12.4 Å². The number of rotatable bonds is 6. The van der Waals surface area contributed by atoms with Gasteiger partial charge in [-0.2, -0.15) is 5.10 Å². The summed E-state index contributed by atoms with van der Waals surface area (Å²) in [7, 11) is 1.95. The standard InChI is InChI=1S/C21H28N4O2/c1-24-20-13-16(7-8-17(20)15-22-24)21(26)23-18-5-4-6-19(14-18)27-12-11-25-9-2-3-10-25/h4-6,14-16H,2-3,7-13H2,1H3,(H,23,26). The summed E-state index contributed by atoms with van der Waals surface area (Å²) < 4.78 is 7.78. The molecule has 0 radical (unpaired) electrons. The van der Waals surface area contributed by atoms with Crippen LogP contribution in [-0.2, 0) is 24.7 Å². The molecule has 1 atom stereocenters. The number of anilines is 1. The van der Waals surface area contributed by atoms with Crippen LogP contribution in [0.25, 0.3) is 0 Å². The number of carbonyl (C=O) groups is 1. The van der Waals surface area contributed by atoms with Gasteiger partial charge in [-0.3, -0.25) is 14.4 Å². The van der Waals surface area contributed by atoms with Crippen molar-refractivity contribution >= 4 is 11.6 Å². The Morgan fingerprint density at radius 3 is 3.04 bits per heavy atom. The summed E-state index contributed by atoms with van der Waals surface area (Å²) in [5.74, 6) is 0.883. The molecule has 144 valence electrons. The molecule has 1 aliphatic carbocycles. The molecular weight excluding hydrogens is 340 g/mol. The quantitative estimate of drug-likeness (QED) is 0.852. The highest BCUT2D eigenvalue weighted by atomic mass is 16.5. The van der Waals surface area contributed by atoms with Crippen LogP contribution in [-0.4, -0.2) is 46.8 Å². The summed E-state index contributed by atoms with van der Waals surface area (Å²) in [4.78, 5) is 15.2. The molecule has 2 aliphatic rings. The summed E-state index contributed by atoms with van der Waals surface area (Å²) in [5.41, 5.74) is 3.25. The molecule has 1 fully saturated rings. The summed E-state index contributed by atoms with van der Waals surface area (Å²) in [6, 6.07) is 7.72. The normalized spacial score (nSPS) is 19.7. The Balaban J connectivity index is 1.31. The van der Waals surface area contributed by atoms with Gasteiger partial charge in [-0.25, -0.2) is 0 Å². The number of hydrogen-bond donors (Lipinski definition) is 1. The first-order valence-corrected chi connectivity index (χ1v) is 9.95. The molecule has 1 unspecified atom stereocenters. The van der Waals surface area contributed by atoms with Crippen LogP contribution in [0.15, 0.2) is 30.5 Å². The van der Waals surface area contributed by atoms with Gasteiger partial charge in [0.05, 0.1) is 6.20 Å². The van der Waals surface area contributed by atoms with Gasteiger partial charge < -0.3 is 10.1 Å². The molecule has 0 spiro atoms. The van der Waals surface area contributed by atoms with E-state index in [2.05, 4.69) is 15.3 Å². The van der Waals surface area contributed by atoms with E-state index in [1.165, 1.54) is 37.2 Å². The summed E-state index contributed by atoms with van der Waals surface area (Å²) in [6.45, 7) is 4.01. The van der Waals surface area contributed by atoms with E-state index in [9.17, 15) is 4.79 Å². The fraction of sp³-hybridized carbons (Fsp3) is 0.524. The molecule has 27 heavy (non-hydrogen) atoms. The van der Waals surface area contributed by atoms with Crippen LogP contribution >= 0.6 is 0 Å². The number of ether oxygens (including phenoxy) is 1. The average molecular weight is 368 g/mol. The minimum absolute atomic E-state index is 0.00681. The number of nitrogens with one attached hydrogen (secondary N) is 1. The van der Waals surface area contributed by atoms with E-state index in [-0.39, 0.29) is 11.8 Å². The monoisotopic (exact) mass is 368 g/mol. The fourth-order valence-electron chi connectivity index (χ4n) is 4.08. The third-order valence-electron chi connectivity index (χ3n) is 5.70. The van der Waals surface area contributed by atoms with E-state index in [4.69, 9.17) is 4.74 Å². The minimum Gasteiger partial charge on any atom is -0.492 e. The number of fused-ring (bicyclic) bond motifs is 1. The number of hydrogen-bond acceptors (Lipinski definition) is 4. The van der Waals surface area contributed by atoms with Gasteiger partial charge in [0.15, 0.2) is 0 Å². The van der Waals surface area contributed by atoms with Crippen molar-refractivity contribution in [2.45, 2.75) is 32.1 Å². The van der Waals surface area contributed by atoms with Gasteiger partial charge in [-0.15, -0.1) is 0 Å². The second kappa shape index (κ2) is 8.13. The van der Waals surface area contributed by atoms with E-state index in [1.54, 1.807) is 0 Å². The Hall–Kier alpha value is -2.34. The van der Waals surface area contributed by atoms with Crippen LogP contribution in [0, 0.1) is 5.92 Å². The summed E-state index contributed by atoms with van der Waals surface area (Å²) in [6.07, 6.45) is 7.06. The van der Waals surface area contributed by atoms with Gasteiger partial charge in [0, 0.05) is 43.4 Å². The lowest BCUT2D eigenvalue weighted by atomic mass is 9.87. The number of carbonyl (C=O) groups excluding carboxylic acids is 1. The number of benzene rings is 1. The smallest absolute Gasteiger partial charge is 0.227 e. The Labute approximate surface area is 160 Å². The van der Waals surface area contributed by atoms with Crippen molar-refractivity contribution < 1.29 is 9.53 Å². The van der Waals surface area contributed by atoms with Gasteiger partial charge in [-0.05, 0) is 56.5 Å². The van der Waals surface area contributed by atoms with Crippen LogP contribution < -0.4 is 10.1 Å². The maximum absolute atomic E-state index is 12.7. The lowest BCUT2D eigenvalue weighted by molar-refractivity contribution is -0.120. The zero-order chi connectivity index (χ0) is 18.6. The number of nitrogens with zero attached hydrogens (tertiary/aromatic N) is 3. The van der Waals surface area contributed by atoms with Crippen molar-refractivity contribution in [3.8, 4) is 5.75 Å². The molecule has 6 nitrogen and oxygen atoms in total. The molecule has 0 bridgehead atoms. The molecule has 2 heterocycles. The highest BCUT2D eigenvalue weighted by Crippen LogP contribution is 2.26. The van der Waals surface area contributed by atoms with E-state index in [0.717, 1.165) is 37.2 Å². The van der Waals surface area contributed by atoms with Crippen molar-refractivity contribution in [3.63, 3.8) is 0 Å². The Morgan fingerprint density at radius 1 is 1.33 bits per heavy atom. The maximum Gasteiger partial charge on any atom is 0.227 e. The van der Waals surface area contributed by atoms with Crippen LogP contribution in [0.2, 0.25) is 0 Å². The van der Waals surface area contributed by atoms with Crippen LogP contribution in [0.4, 0.5) is 5.69 Å². The number of aryl methyl sites for hydroxylation is 2. The van der Waals surface area contributed by atoms with Crippen molar-refractivity contribution in [2.24, 2.45) is 13.0 Å². The molecule has 4 rings (SSSR count). The highest BCUT2D eigenvalue weighted by Gasteiger charge is 2.27. The topological polar surface area (TPSA) is 59.4 Å². The minimum atomic E-state index is -0.00681. The average Bonchev–Trinajstić information content (AvgIpc) is 3.32. The van der Waals surface area contributed by atoms with Crippen LogP contribution in [0.5, 0.6) is 5.75 Å². The summed E-state index contributed by atoms with van der Waals surface area (Å²) in [5, 5.41) is 7.38. The lowest BCUT2D eigenvalue weighted by Gasteiger charge is -2.22. The molecule has 1 amide bonds. The largest absolute Gasteiger partial charge is 0.492 e. The third kappa shape index (κ3) is 4.33. The lowest BCUT2D eigenvalue weighted by Crippen LogP contribution is -2.28.